The minimum atomic E-state index is -1.05. The summed E-state index contributed by atoms with van der Waals surface area (Å²) in [6.45, 7) is 1.35. The lowest BCUT2D eigenvalue weighted by Crippen LogP contribution is -2.42. The van der Waals surface area contributed by atoms with Crippen LogP contribution in [0, 0.1) is 5.92 Å². The number of hydrogen-bond donors (Lipinski definition) is 0. The van der Waals surface area contributed by atoms with Crippen molar-refractivity contribution in [3.05, 3.63) is 0 Å². The maximum absolute atomic E-state index is 13.3. The zero-order chi connectivity index (χ0) is 10.5. The molecule has 4 nitrogen and oxygen atoms in total. The van der Waals surface area contributed by atoms with Crippen molar-refractivity contribution in [2.75, 3.05) is 7.11 Å². The summed E-state index contributed by atoms with van der Waals surface area (Å²) in [6, 6.07) is -1.10. The molecule has 0 N–H and O–H groups in total. The first-order chi connectivity index (χ1) is 6.57. The molecule has 0 radical (unpaired) electrons. The third-order valence-corrected chi connectivity index (χ3v) is 3.16. The van der Waals surface area contributed by atoms with E-state index in [2.05, 4.69) is 4.74 Å². The van der Waals surface area contributed by atoms with Crippen molar-refractivity contribution in [3.8, 4) is 0 Å². The van der Waals surface area contributed by atoms with Crippen molar-refractivity contribution in [2.45, 2.75) is 31.6 Å². The van der Waals surface area contributed by atoms with Crippen LogP contribution in [0.4, 0.5) is 4.39 Å². The van der Waals surface area contributed by atoms with Crippen LogP contribution in [-0.2, 0) is 14.3 Å². The van der Waals surface area contributed by atoms with E-state index >= 15 is 0 Å². The van der Waals surface area contributed by atoms with Crippen molar-refractivity contribution in [3.63, 3.8) is 0 Å². The van der Waals surface area contributed by atoms with Gasteiger partial charge in [0.25, 0.3) is 0 Å². The van der Waals surface area contributed by atoms with Gasteiger partial charge in [-0.3, -0.25) is 4.79 Å². The Hall–Kier alpha value is -1.13. The number of rotatable bonds is 1. The largest absolute Gasteiger partial charge is 0.467 e. The number of halogens is 1. The number of carbonyl (C=O) groups is 2. The van der Waals surface area contributed by atoms with Gasteiger partial charge in [0.05, 0.1) is 13.2 Å². The van der Waals surface area contributed by atoms with Gasteiger partial charge in [0, 0.05) is 12.8 Å². The first-order valence-electron chi connectivity index (χ1n) is 4.58. The van der Waals surface area contributed by atoms with Gasteiger partial charge in [-0.05, 0) is 6.42 Å². The second kappa shape index (κ2) is 2.93. The first-order valence-corrected chi connectivity index (χ1v) is 4.58. The predicted octanol–water partition coefficient (Wildman–Crippen LogP) is 0.117. The van der Waals surface area contributed by atoms with Crippen LogP contribution >= 0.6 is 0 Å². The molecule has 3 fully saturated rings. The lowest BCUT2D eigenvalue weighted by Gasteiger charge is -2.29. The molecule has 5 heteroatoms. The van der Waals surface area contributed by atoms with E-state index in [9.17, 15) is 14.0 Å². The number of alkyl halides is 1. The molecule has 2 aliphatic heterocycles. The Bertz CT molecular complexity index is 294. The summed E-state index contributed by atoms with van der Waals surface area (Å²) < 4.78 is 17.9. The van der Waals surface area contributed by atoms with Gasteiger partial charge >= 0.3 is 5.97 Å². The molecule has 0 spiro atoms. The highest BCUT2D eigenvalue weighted by Crippen LogP contribution is 2.48. The maximum atomic E-state index is 13.3. The Morgan fingerprint density at radius 1 is 1.50 bits per heavy atom. The van der Waals surface area contributed by atoms with Crippen LogP contribution in [-0.4, -0.2) is 42.1 Å². The highest BCUT2D eigenvalue weighted by molar-refractivity contribution is 5.86. The summed E-state index contributed by atoms with van der Waals surface area (Å²) >= 11 is 0. The van der Waals surface area contributed by atoms with E-state index in [1.807, 2.05) is 0 Å². The Balaban J connectivity index is 2.23. The molecule has 1 aliphatic carbocycles. The van der Waals surface area contributed by atoms with Crippen LogP contribution in [0.1, 0.15) is 13.3 Å². The number of fused-ring (bicyclic) bond motifs is 1. The van der Waals surface area contributed by atoms with E-state index in [0.717, 1.165) is 0 Å². The lowest BCUT2D eigenvalue weighted by molar-refractivity contribution is -0.150. The fraction of sp³-hybridized carbons (Fsp3) is 0.778. The minimum Gasteiger partial charge on any atom is -0.467 e. The molecule has 2 heterocycles. The van der Waals surface area contributed by atoms with Crippen LogP contribution < -0.4 is 0 Å². The molecule has 3 aliphatic rings. The Labute approximate surface area is 81.0 Å². The molecular formula is C9H12FNO3. The van der Waals surface area contributed by atoms with Gasteiger partial charge in [0.2, 0.25) is 5.91 Å². The third-order valence-electron chi connectivity index (χ3n) is 3.16. The SMILES string of the molecule is COC(=O)[C@@H]1[C@@H]2C[C@@H]([C@@H]2F)N1C(C)=O. The zero-order valence-electron chi connectivity index (χ0n) is 8.07. The number of ether oxygens (including phenoxy) is 1. The molecule has 0 aromatic rings. The average Bonchev–Trinajstić information content (AvgIpc) is 2.68. The van der Waals surface area contributed by atoms with Gasteiger partial charge in [-0.1, -0.05) is 0 Å². The van der Waals surface area contributed by atoms with Crippen molar-refractivity contribution in [1.82, 2.24) is 4.90 Å². The zero-order valence-corrected chi connectivity index (χ0v) is 8.07. The molecule has 14 heavy (non-hydrogen) atoms. The van der Waals surface area contributed by atoms with E-state index in [1.165, 1.54) is 18.9 Å². The molecule has 2 bridgehead atoms. The summed E-state index contributed by atoms with van der Waals surface area (Å²) in [6.07, 6.45) is -0.469. The van der Waals surface area contributed by atoms with Crippen LogP contribution in [0.5, 0.6) is 0 Å². The number of methoxy groups -OCH3 is 1. The summed E-state index contributed by atoms with van der Waals surface area (Å²) in [7, 11) is 1.25. The quantitative estimate of drug-likeness (QED) is 0.566. The Morgan fingerprint density at radius 2 is 2.14 bits per heavy atom. The smallest absolute Gasteiger partial charge is 0.328 e. The standard InChI is InChI=1S/C9H12FNO3/c1-4(12)11-6-3-5(7(6)10)8(11)9(13)14-2/h5-8H,3H2,1-2H3/t5-,6+,7-,8+/m1/s1. The molecule has 0 aromatic carbocycles. The van der Waals surface area contributed by atoms with E-state index in [-0.39, 0.29) is 11.8 Å². The molecule has 4 atom stereocenters. The van der Waals surface area contributed by atoms with Gasteiger partial charge in [-0.25, -0.2) is 9.18 Å². The van der Waals surface area contributed by atoms with E-state index in [1.54, 1.807) is 0 Å². The average molecular weight is 201 g/mol. The van der Waals surface area contributed by atoms with Crippen molar-refractivity contribution >= 4 is 11.9 Å². The second-order valence-electron chi connectivity index (χ2n) is 3.81. The fourth-order valence-corrected chi connectivity index (χ4v) is 2.45. The van der Waals surface area contributed by atoms with Crippen LogP contribution in [0.25, 0.3) is 0 Å². The second-order valence-corrected chi connectivity index (χ2v) is 3.81. The fourth-order valence-electron chi connectivity index (χ4n) is 2.45. The van der Waals surface area contributed by atoms with Gasteiger partial charge in [-0.15, -0.1) is 0 Å². The molecule has 0 unspecified atom stereocenters. The molecule has 78 valence electrons. The van der Waals surface area contributed by atoms with Crippen molar-refractivity contribution < 1.29 is 18.7 Å². The highest BCUT2D eigenvalue weighted by atomic mass is 19.1. The van der Waals surface area contributed by atoms with E-state index < -0.39 is 24.2 Å². The van der Waals surface area contributed by atoms with Gasteiger partial charge in [0.15, 0.2) is 0 Å². The monoisotopic (exact) mass is 201 g/mol. The minimum absolute atomic E-state index is 0.256. The number of amides is 1. The number of hydrogen-bond acceptors (Lipinski definition) is 3. The Morgan fingerprint density at radius 3 is 2.57 bits per heavy atom. The van der Waals surface area contributed by atoms with Gasteiger partial charge in [0.1, 0.15) is 12.2 Å². The summed E-state index contributed by atoms with van der Waals surface area (Å²) in [5, 5.41) is 0. The number of nitrogens with zero attached hydrogens (tertiary/aromatic N) is 1. The van der Waals surface area contributed by atoms with Crippen molar-refractivity contribution in [1.29, 1.82) is 0 Å². The molecule has 1 amide bonds. The molecule has 2 saturated heterocycles. The van der Waals surface area contributed by atoms with Crippen LogP contribution in [0.15, 0.2) is 0 Å². The number of esters is 1. The van der Waals surface area contributed by atoms with Crippen LogP contribution in [0.3, 0.4) is 0 Å². The first kappa shape index (κ1) is 9.43. The molecule has 1 saturated carbocycles. The van der Waals surface area contributed by atoms with Gasteiger partial charge in [-0.2, -0.15) is 0 Å². The summed E-state index contributed by atoms with van der Waals surface area (Å²) in [5.41, 5.74) is 0. The van der Waals surface area contributed by atoms with E-state index in [4.69, 9.17) is 0 Å². The van der Waals surface area contributed by atoms with Gasteiger partial charge < -0.3 is 9.64 Å². The topological polar surface area (TPSA) is 46.6 Å². The summed E-state index contributed by atoms with van der Waals surface area (Å²) in [5.74, 6) is -1.11. The lowest BCUT2D eigenvalue weighted by atomic mass is 9.81. The Kier molecular flexibility index (Phi) is 1.97. The molecular weight excluding hydrogens is 189 g/mol. The van der Waals surface area contributed by atoms with Crippen LogP contribution in [0.2, 0.25) is 0 Å². The summed E-state index contributed by atoms with van der Waals surface area (Å²) in [4.78, 5) is 23.9. The third kappa shape index (κ3) is 0.980. The highest BCUT2D eigenvalue weighted by Gasteiger charge is 2.62. The van der Waals surface area contributed by atoms with E-state index in [0.29, 0.717) is 6.42 Å². The maximum Gasteiger partial charge on any atom is 0.328 e. The molecule has 0 aromatic heterocycles. The predicted molar refractivity (Wildman–Crippen MR) is 45.1 cm³/mol. The number of carbonyl (C=O) groups excluding carboxylic acids is 2. The van der Waals surface area contributed by atoms with Crippen molar-refractivity contribution in [2.24, 2.45) is 5.92 Å². The normalized spacial score (nSPS) is 39.2. The molecule has 3 rings (SSSR count).